The van der Waals surface area contributed by atoms with Gasteiger partial charge >= 0.3 is 0 Å². The van der Waals surface area contributed by atoms with Crippen LogP contribution in [0, 0.1) is 10.1 Å². The van der Waals surface area contributed by atoms with Crippen LogP contribution in [0.15, 0.2) is 42.6 Å². The van der Waals surface area contributed by atoms with E-state index in [0.29, 0.717) is 24.3 Å². The molecule has 3 heterocycles. The number of nitro groups is 1. The zero-order chi connectivity index (χ0) is 19.7. The number of rotatable bonds is 4. The second-order valence-corrected chi connectivity index (χ2v) is 6.79. The second kappa shape index (κ2) is 7.26. The molecule has 2 aromatic heterocycles. The van der Waals surface area contributed by atoms with Gasteiger partial charge in [0.05, 0.1) is 10.5 Å². The molecule has 9 heteroatoms. The summed E-state index contributed by atoms with van der Waals surface area (Å²) in [6.45, 7) is 1.13. The van der Waals surface area contributed by atoms with E-state index in [2.05, 4.69) is 15.5 Å². The van der Waals surface area contributed by atoms with Gasteiger partial charge in [-0.05, 0) is 31.0 Å². The summed E-state index contributed by atoms with van der Waals surface area (Å²) in [6.07, 6.45) is 3.49. The number of hydrogen-bond acceptors (Lipinski definition) is 6. The molecule has 4 rings (SSSR count). The molecule has 1 N–H and O–H groups in total. The summed E-state index contributed by atoms with van der Waals surface area (Å²) in [5, 5.41) is 22.6. The maximum atomic E-state index is 13.0. The number of non-ortho nitro benzene ring substituents is 1. The summed E-state index contributed by atoms with van der Waals surface area (Å²) in [7, 11) is 1.70. The highest BCUT2D eigenvalue weighted by Gasteiger charge is 2.29. The molecule has 0 aliphatic carbocycles. The topological polar surface area (TPSA) is 106 Å². The van der Waals surface area contributed by atoms with Crippen LogP contribution in [0.5, 0.6) is 0 Å². The molecular formula is C19H20N6O3. The largest absolute Gasteiger partial charge is 0.387 e. The van der Waals surface area contributed by atoms with E-state index < -0.39 is 4.92 Å². The van der Waals surface area contributed by atoms with Crippen molar-refractivity contribution in [1.82, 2.24) is 19.5 Å². The number of likely N-dealkylation sites (tertiary alicyclic amines) is 1. The van der Waals surface area contributed by atoms with Gasteiger partial charge < -0.3 is 10.2 Å². The maximum Gasteiger partial charge on any atom is 0.270 e. The minimum absolute atomic E-state index is 0.0906. The highest BCUT2D eigenvalue weighted by atomic mass is 16.6. The van der Waals surface area contributed by atoms with Crippen LogP contribution in [0.4, 0.5) is 11.4 Å². The quantitative estimate of drug-likeness (QED) is 0.551. The van der Waals surface area contributed by atoms with Crippen molar-refractivity contribution in [2.24, 2.45) is 0 Å². The Morgan fingerprint density at radius 1 is 1.21 bits per heavy atom. The summed E-state index contributed by atoms with van der Waals surface area (Å²) in [5.41, 5.74) is 1.63. The van der Waals surface area contributed by atoms with Crippen LogP contribution < -0.4 is 5.32 Å². The van der Waals surface area contributed by atoms with Gasteiger partial charge in [0, 0.05) is 50.1 Å². The molecule has 1 aliphatic heterocycles. The van der Waals surface area contributed by atoms with Crippen LogP contribution in [-0.4, -0.2) is 50.5 Å². The SMILES string of the molecule is CNc1ccc([N+](=O)[O-])cc1C(=O)N1CCC(c2nnc3ccccn23)CC1. The normalized spacial score (nSPS) is 15.0. The number of benzene rings is 1. The van der Waals surface area contributed by atoms with E-state index in [1.807, 2.05) is 28.8 Å². The fraction of sp³-hybridized carbons (Fsp3) is 0.316. The maximum absolute atomic E-state index is 13.0. The summed E-state index contributed by atoms with van der Waals surface area (Å²) >= 11 is 0. The van der Waals surface area contributed by atoms with Crippen LogP contribution in [0.25, 0.3) is 5.65 Å². The molecule has 1 fully saturated rings. The lowest BCUT2D eigenvalue weighted by molar-refractivity contribution is -0.384. The number of nitrogens with one attached hydrogen (secondary N) is 1. The van der Waals surface area contributed by atoms with Crippen molar-refractivity contribution in [1.29, 1.82) is 0 Å². The van der Waals surface area contributed by atoms with Gasteiger partial charge in [0.25, 0.3) is 11.6 Å². The van der Waals surface area contributed by atoms with E-state index in [4.69, 9.17) is 0 Å². The second-order valence-electron chi connectivity index (χ2n) is 6.79. The van der Waals surface area contributed by atoms with E-state index in [1.54, 1.807) is 18.0 Å². The van der Waals surface area contributed by atoms with E-state index in [1.165, 1.54) is 12.1 Å². The molecule has 0 spiro atoms. The molecule has 28 heavy (non-hydrogen) atoms. The molecule has 0 unspecified atom stereocenters. The van der Waals surface area contributed by atoms with Gasteiger partial charge in [-0.2, -0.15) is 0 Å². The molecule has 0 bridgehead atoms. The van der Waals surface area contributed by atoms with Gasteiger partial charge in [-0.15, -0.1) is 10.2 Å². The molecule has 1 saturated heterocycles. The summed E-state index contributed by atoms with van der Waals surface area (Å²) in [6, 6.07) is 10.1. The first-order valence-corrected chi connectivity index (χ1v) is 9.13. The number of anilines is 1. The van der Waals surface area contributed by atoms with Crippen molar-refractivity contribution in [2.75, 3.05) is 25.5 Å². The first-order valence-electron chi connectivity index (χ1n) is 9.13. The van der Waals surface area contributed by atoms with Crippen LogP contribution in [-0.2, 0) is 0 Å². The average molecular weight is 380 g/mol. The minimum atomic E-state index is -0.487. The predicted molar refractivity (Wildman–Crippen MR) is 104 cm³/mol. The predicted octanol–water partition coefficient (Wildman–Crippen LogP) is 2.70. The first kappa shape index (κ1) is 17.9. The molecule has 0 saturated carbocycles. The van der Waals surface area contributed by atoms with Crippen molar-refractivity contribution < 1.29 is 9.72 Å². The van der Waals surface area contributed by atoms with Crippen LogP contribution in [0.2, 0.25) is 0 Å². The Hall–Kier alpha value is -3.49. The lowest BCUT2D eigenvalue weighted by Gasteiger charge is -2.31. The third kappa shape index (κ3) is 3.15. The highest BCUT2D eigenvalue weighted by molar-refractivity contribution is 6.00. The summed E-state index contributed by atoms with van der Waals surface area (Å²) < 4.78 is 1.99. The smallest absolute Gasteiger partial charge is 0.270 e. The molecule has 144 valence electrons. The number of hydrogen-bond donors (Lipinski definition) is 1. The molecule has 1 amide bonds. The fourth-order valence-corrected chi connectivity index (χ4v) is 3.69. The summed E-state index contributed by atoms with van der Waals surface area (Å²) in [5.74, 6) is 0.932. The molecule has 1 aliphatic rings. The van der Waals surface area contributed by atoms with Crippen molar-refractivity contribution in [2.45, 2.75) is 18.8 Å². The van der Waals surface area contributed by atoms with Gasteiger partial charge in [0.1, 0.15) is 5.82 Å². The lowest BCUT2D eigenvalue weighted by Crippen LogP contribution is -2.38. The van der Waals surface area contributed by atoms with Gasteiger partial charge in [-0.25, -0.2) is 0 Å². The number of nitrogens with zero attached hydrogens (tertiary/aromatic N) is 5. The number of fused-ring (bicyclic) bond motifs is 1. The Labute approximate surface area is 161 Å². The van der Waals surface area contributed by atoms with Crippen molar-refractivity contribution in [3.05, 3.63) is 64.1 Å². The Bertz CT molecular complexity index is 1040. The number of piperidine rings is 1. The number of carbonyl (C=O) groups is 1. The molecular weight excluding hydrogens is 360 g/mol. The number of aromatic nitrogens is 3. The van der Waals surface area contributed by atoms with Crippen molar-refractivity contribution in [3.63, 3.8) is 0 Å². The fourth-order valence-electron chi connectivity index (χ4n) is 3.69. The monoisotopic (exact) mass is 380 g/mol. The summed E-state index contributed by atoms with van der Waals surface area (Å²) in [4.78, 5) is 25.3. The standard InChI is InChI=1S/C19H20N6O3/c1-20-16-6-5-14(25(27)28)12-15(16)19(26)23-10-7-13(8-11-23)18-22-21-17-4-2-3-9-24(17)18/h2-6,9,12-13,20H,7-8,10-11H2,1H3. The molecule has 9 nitrogen and oxygen atoms in total. The lowest BCUT2D eigenvalue weighted by atomic mass is 9.95. The minimum Gasteiger partial charge on any atom is -0.387 e. The zero-order valence-electron chi connectivity index (χ0n) is 15.4. The average Bonchev–Trinajstić information content (AvgIpc) is 3.17. The molecule has 0 atom stereocenters. The Kier molecular flexibility index (Phi) is 4.64. The van der Waals surface area contributed by atoms with Crippen LogP contribution in [0.1, 0.15) is 34.9 Å². The number of carbonyl (C=O) groups excluding carboxylic acids is 1. The Morgan fingerprint density at radius 3 is 2.71 bits per heavy atom. The number of pyridine rings is 1. The highest BCUT2D eigenvalue weighted by Crippen LogP contribution is 2.29. The van der Waals surface area contributed by atoms with Gasteiger partial charge in [-0.1, -0.05) is 6.07 Å². The van der Waals surface area contributed by atoms with Crippen molar-refractivity contribution in [3.8, 4) is 0 Å². The first-order chi connectivity index (χ1) is 13.6. The van der Waals surface area contributed by atoms with E-state index in [0.717, 1.165) is 24.3 Å². The number of nitro benzene ring substituents is 1. The molecule has 0 radical (unpaired) electrons. The molecule has 1 aromatic carbocycles. The van der Waals surface area contributed by atoms with Gasteiger partial charge in [-0.3, -0.25) is 19.3 Å². The van der Waals surface area contributed by atoms with E-state index >= 15 is 0 Å². The van der Waals surface area contributed by atoms with Gasteiger partial charge in [0.15, 0.2) is 5.65 Å². The van der Waals surface area contributed by atoms with E-state index in [9.17, 15) is 14.9 Å². The number of amides is 1. The Balaban J connectivity index is 1.51. The van der Waals surface area contributed by atoms with Crippen LogP contribution in [0.3, 0.4) is 0 Å². The third-order valence-electron chi connectivity index (χ3n) is 5.20. The molecule has 3 aromatic rings. The van der Waals surface area contributed by atoms with E-state index in [-0.39, 0.29) is 17.5 Å². The zero-order valence-corrected chi connectivity index (χ0v) is 15.4. The van der Waals surface area contributed by atoms with Crippen molar-refractivity contribution >= 4 is 22.9 Å². The van der Waals surface area contributed by atoms with Gasteiger partial charge in [0.2, 0.25) is 0 Å². The third-order valence-corrected chi connectivity index (χ3v) is 5.20. The Morgan fingerprint density at radius 2 is 2.00 bits per heavy atom. The van der Waals surface area contributed by atoms with Crippen LogP contribution >= 0.6 is 0 Å².